The van der Waals surface area contributed by atoms with Crippen molar-refractivity contribution in [3.05, 3.63) is 15.3 Å². The molecule has 0 amide bonds. The lowest BCUT2D eigenvalue weighted by molar-refractivity contribution is 0.149. The van der Waals surface area contributed by atoms with Crippen LogP contribution in [0.1, 0.15) is 12.0 Å². The Bertz CT molecular complexity index is 491. The monoisotopic (exact) mass is 350 g/mol. The molecule has 0 fully saturated rings. The van der Waals surface area contributed by atoms with Crippen molar-refractivity contribution in [1.29, 1.82) is 0 Å². The molecule has 0 bridgehead atoms. The zero-order valence-electron chi connectivity index (χ0n) is 6.99. The van der Waals surface area contributed by atoms with Gasteiger partial charge in [0.1, 0.15) is 3.70 Å². The van der Waals surface area contributed by atoms with Crippen LogP contribution in [0.5, 0.6) is 5.75 Å². The lowest BCUT2D eigenvalue weighted by Gasteiger charge is -2.06. The summed E-state index contributed by atoms with van der Waals surface area (Å²) in [6.07, 6.45) is -2.84. The van der Waals surface area contributed by atoms with E-state index in [-0.39, 0.29) is 3.70 Å². The van der Waals surface area contributed by atoms with E-state index in [0.717, 1.165) is 0 Å². The van der Waals surface area contributed by atoms with Gasteiger partial charge in [0, 0.05) is 0 Å². The Kier molecular flexibility index (Phi) is 3.45. The van der Waals surface area contributed by atoms with E-state index in [2.05, 4.69) is 4.98 Å². The molecule has 0 spiro atoms. The van der Waals surface area contributed by atoms with Gasteiger partial charge in [-0.25, -0.2) is 27.3 Å². The van der Waals surface area contributed by atoms with Crippen molar-refractivity contribution < 1.29 is 22.3 Å². The lowest BCUT2D eigenvalue weighted by atomic mass is 10.3. The van der Waals surface area contributed by atoms with Crippen molar-refractivity contribution in [2.75, 3.05) is 0 Å². The molecule has 3 N–H and O–H groups in total. The van der Waals surface area contributed by atoms with E-state index in [9.17, 15) is 17.2 Å². The van der Waals surface area contributed by atoms with Crippen molar-refractivity contribution in [3.63, 3.8) is 0 Å². The fraction of sp³-hybridized carbons (Fsp3) is 0.167. The number of aromatic hydroxyl groups is 1. The minimum atomic E-state index is -4.21. The van der Waals surface area contributed by atoms with Crippen LogP contribution in [0, 0.1) is 3.70 Å². The van der Waals surface area contributed by atoms with Gasteiger partial charge in [-0.3, -0.25) is 0 Å². The molecule has 84 valence electrons. The molecule has 0 unspecified atom stereocenters. The zero-order chi connectivity index (χ0) is 11.8. The first-order chi connectivity index (χ1) is 6.73. The first-order valence-corrected chi connectivity index (χ1v) is 6.06. The number of rotatable bonds is 2. The van der Waals surface area contributed by atoms with Gasteiger partial charge in [-0.1, -0.05) is 0 Å². The van der Waals surface area contributed by atoms with Gasteiger partial charge in [0.15, 0.2) is 5.75 Å². The van der Waals surface area contributed by atoms with Gasteiger partial charge >= 0.3 is 0 Å². The molecule has 0 aliphatic carbocycles. The molecule has 0 saturated heterocycles. The average Bonchev–Trinajstić information content (AvgIpc) is 2.06. The van der Waals surface area contributed by atoms with Crippen LogP contribution >= 0.6 is 22.6 Å². The van der Waals surface area contributed by atoms with E-state index in [4.69, 9.17) is 10.2 Å². The SMILES string of the molecule is NS(=O)(=O)c1nc(I)c(C(F)F)cc1O. The minimum Gasteiger partial charge on any atom is -0.505 e. The van der Waals surface area contributed by atoms with Gasteiger partial charge in [0.2, 0.25) is 5.03 Å². The maximum absolute atomic E-state index is 12.3. The molecule has 0 aliphatic rings. The van der Waals surface area contributed by atoms with Crippen LogP contribution in [-0.2, 0) is 10.0 Å². The second-order valence-corrected chi connectivity index (χ2v) is 5.04. The third kappa shape index (κ3) is 2.72. The maximum atomic E-state index is 12.3. The fourth-order valence-electron chi connectivity index (χ4n) is 0.842. The summed E-state index contributed by atoms with van der Waals surface area (Å²) in [5.41, 5.74) is -0.541. The number of alkyl halides is 2. The molecular weight excluding hydrogens is 345 g/mol. The number of nitrogens with two attached hydrogens (primary N) is 1. The first-order valence-electron chi connectivity index (χ1n) is 3.44. The summed E-state index contributed by atoms with van der Waals surface area (Å²) in [7, 11) is -4.21. The second-order valence-electron chi connectivity index (χ2n) is 2.54. The molecule has 9 heteroatoms. The van der Waals surface area contributed by atoms with E-state index in [1.807, 2.05) is 0 Å². The zero-order valence-corrected chi connectivity index (χ0v) is 9.96. The topological polar surface area (TPSA) is 93.3 Å². The van der Waals surface area contributed by atoms with E-state index >= 15 is 0 Å². The Labute approximate surface area is 97.5 Å². The molecule has 0 aliphatic heterocycles. The van der Waals surface area contributed by atoms with Crippen LogP contribution < -0.4 is 5.14 Å². The highest BCUT2D eigenvalue weighted by Gasteiger charge is 2.22. The summed E-state index contributed by atoms with van der Waals surface area (Å²) in [6.45, 7) is 0. The van der Waals surface area contributed by atoms with Crippen molar-refractivity contribution >= 4 is 32.6 Å². The Morgan fingerprint density at radius 3 is 2.47 bits per heavy atom. The average molecular weight is 350 g/mol. The Morgan fingerprint density at radius 2 is 2.07 bits per heavy atom. The maximum Gasteiger partial charge on any atom is 0.266 e. The third-order valence-electron chi connectivity index (χ3n) is 1.45. The van der Waals surface area contributed by atoms with E-state index in [1.54, 1.807) is 0 Å². The standard InChI is InChI=1S/C6H5F2IN2O3S/c7-4(8)2-1-3(12)6(11-5(2)9)15(10,13)14/h1,4,12H,(H2,10,13,14). The van der Waals surface area contributed by atoms with E-state index in [0.29, 0.717) is 6.07 Å². The Hall–Kier alpha value is -0.550. The number of hydrogen-bond acceptors (Lipinski definition) is 4. The van der Waals surface area contributed by atoms with Gasteiger partial charge in [-0.2, -0.15) is 0 Å². The normalized spacial score (nSPS) is 12.1. The Morgan fingerprint density at radius 1 is 1.53 bits per heavy atom. The number of halogens is 3. The molecule has 15 heavy (non-hydrogen) atoms. The summed E-state index contributed by atoms with van der Waals surface area (Å²) >= 11 is 1.44. The summed E-state index contributed by atoms with van der Waals surface area (Å²) in [4.78, 5) is 3.31. The molecular formula is C6H5F2IN2O3S. The van der Waals surface area contributed by atoms with Crippen molar-refractivity contribution in [2.24, 2.45) is 5.14 Å². The summed E-state index contributed by atoms with van der Waals surface area (Å²) in [5, 5.41) is 13.0. The Balaban J connectivity index is 3.46. The van der Waals surface area contributed by atoms with Crippen LogP contribution in [0.4, 0.5) is 8.78 Å². The number of nitrogens with zero attached hydrogens (tertiary/aromatic N) is 1. The van der Waals surface area contributed by atoms with Crippen LogP contribution in [0.3, 0.4) is 0 Å². The van der Waals surface area contributed by atoms with E-state index in [1.165, 1.54) is 22.6 Å². The highest BCUT2D eigenvalue weighted by Crippen LogP contribution is 2.29. The van der Waals surface area contributed by atoms with Gasteiger partial charge in [-0.05, 0) is 28.7 Å². The number of sulfonamides is 1. The summed E-state index contributed by atoms with van der Waals surface area (Å²) in [6, 6.07) is 0.638. The van der Waals surface area contributed by atoms with Gasteiger partial charge in [-0.15, -0.1) is 0 Å². The van der Waals surface area contributed by atoms with Gasteiger partial charge in [0.25, 0.3) is 16.4 Å². The predicted molar refractivity (Wildman–Crippen MR) is 54.9 cm³/mol. The highest BCUT2D eigenvalue weighted by molar-refractivity contribution is 14.1. The summed E-state index contributed by atoms with van der Waals surface area (Å²) in [5.74, 6) is -0.881. The van der Waals surface area contributed by atoms with Crippen LogP contribution in [-0.4, -0.2) is 18.5 Å². The highest BCUT2D eigenvalue weighted by atomic mass is 127. The van der Waals surface area contributed by atoms with Crippen molar-refractivity contribution in [2.45, 2.75) is 11.5 Å². The molecule has 0 atom stereocenters. The van der Waals surface area contributed by atoms with Crippen LogP contribution in [0.15, 0.2) is 11.1 Å². The lowest BCUT2D eigenvalue weighted by Crippen LogP contribution is -2.15. The molecule has 1 heterocycles. The molecule has 1 aromatic heterocycles. The second kappa shape index (κ2) is 4.14. The molecule has 1 rings (SSSR count). The van der Waals surface area contributed by atoms with E-state index < -0.39 is 32.8 Å². The smallest absolute Gasteiger partial charge is 0.266 e. The van der Waals surface area contributed by atoms with Crippen LogP contribution in [0.2, 0.25) is 0 Å². The number of hydrogen-bond donors (Lipinski definition) is 2. The molecule has 5 nitrogen and oxygen atoms in total. The number of primary sulfonamides is 1. The molecule has 0 saturated carbocycles. The summed E-state index contributed by atoms with van der Waals surface area (Å²) < 4.78 is 46.1. The van der Waals surface area contributed by atoms with Crippen molar-refractivity contribution in [1.82, 2.24) is 4.98 Å². The first kappa shape index (κ1) is 12.5. The fourth-order valence-corrected chi connectivity index (χ4v) is 2.21. The molecule has 0 aromatic carbocycles. The largest absolute Gasteiger partial charge is 0.505 e. The third-order valence-corrected chi connectivity index (χ3v) is 3.16. The molecule has 0 radical (unpaired) electrons. The molecule has 1 aromatic rings. The number of aromatic nitrogens is 1. The van der Waals surface area contributed by atoms with Gasteiger partial charge in [0.05, 0.1) is 5.56 Å². The van der Waals surface area contributed by atoms with Crippen molar-refractivity contribution in [3.8, 4) is 5.75 Å². The minimum absolute atomic E-state index is 0.218. The number of pyridine rings is 1. The van der Waals surface area contributed by atoms with Crippen LogP contribution in [0.25, 0.3) is 0 Å². The quantitative estimate of drug-likeness (QED) is 0.614. The van der Waals surface area contributed by atoms with Gasteiger partial charge < -0.3 is 5.11 Å². The predicted octanol–water partition coefficient (Wildman–Crippen LogP) is 0.977.